The lowest BCUT2D eigenvalue weighted by atomic mass is 10.2. The SMILES string of the molecule is [C-]#[N+]C(C#N)c1ncnc2c1ccn2COCC[Si](C)(C)C. The summed E-state index contributed by atoms with van der Waals surface area (Å²) in [6, 6.07) is 4.01. The van der Waals surface area contributed by atoms with Crippen LogP contribution in [0.25, 0.3) is 15.9 Å². The molecule has 7 heteroatoms. The van der Waals surface area contributed by atoms with Gasteiger partial charge in [-0.15, -0.1) is 0 Å². The molecule has 0 aliphatic carbocycles. The predicted octanol–water partition coefficient (Wildman–Crippen LogP) is 3.23. The van der Waals surface area contributed by atoms with E-state index in [1.165, 1.54) is 6.33 Å². The second kappa shape index (κ2) is 6.69. The predicted molar refractivity (Wildman–Crippen MR) is 86.6 cm³/mol. The van der Waals surface area contributed by atoms with Crippen LogP contribution in [0.15, 0.2) is 18.6 Å². The summed E-state index contributed by atoms with van der Waals surface area (Å²) < 4.78 is 7.61. The number of hydrogen-bond donors (Lipinski definition) is 0. The Morgan fingerprint density at radius 2 is 2.23 bits per heavy atom. The first-order chi connectivity index (χ1) is 10.5. The Balaban J connectivity index is 2.15. The minimum absolute atomic E-state index is 0.416. The van der Waals surface area contributed by atoms with Gasteiger partial charge in [0.25, 0.3) is 0 Å². The molecular weight excluding hydrogens is 294 g/mol. The van der Waals surface area contributed by atoms with Crippen molar-refractivity contribution in [2.75, 3.05) is 6.61 Å². The van der Waals surface area contributed by atoms with Gasteiger partial charge >= 0.3 is 6.04 Å². The molecule has 6 nitrogen and oxygen atoms in total. The van der Waals surface area contributed by atoms with Crippen LogP contribution in [0, 0.1) is 17.9 Å². The maximum atomic E-state index is 9.04. The van der Waals surface area contributed by atoms with Crippen LogP contribution >= 0.6 is 0 Å². The average molecular weight is 313 g/mol. The van der Waals surface area contributed by atoms with Crippen LogP contribution in [-0.4, -0.2) is 29.2 Å². The second-order valence-corrected chi connectivity index (χ2v) is 11.9. The lowest BCUT2D eigenvalue weighted by Crippen LogP contribution is -2.22. The van der Waals surface area contributed by atoms with Gasteiger partial charge < -0.3 is 9.30 Å². The zero-order valence-corrected chi connectivity index (χ0v) is 14.1. The molecule has 2 aromatic heterocycles. The van der Waals surface area contributed by atoms with Crippen molar-refractivity contribution in [3.63, 3.8) is 0 Å². The first-order valence-corrected chi connectivity index (χ1v) is 10.8. The average Bonchev–Trinajstić information content (AvgIpc) is 2.88. The van der Waals surface area contributed by atoms with E-state index in [1.807, 2.05) is 22.9 Å². The Hall–Kier alpha value is -2.22. The molecule has 0 radical (unpaired) electrons. The highest BCUT2D eigenvalue weighted by atomic mass is 28.3. The summed E-state index contributed by atoms with van der Waals surface area (Å²) in [4.78, 5) is 11.6. The molecule has 0 saturated heterocycles. The van der Waals surface area contributed by atoms with Gasteiger partial charge in [-0.2, -0.15) is 5.26 Å². The maximum Gasteiger partial charge on any atom is 0.349 e. The van der Waals surface area contributed by atoms with Gasteiger partial charge in [0.1, 0.15) is 18.7 Å². The van der Waals surface area contributed by atoms with E-state index in [0.717, 1.165) is 18.0 Å². The van der Waals surface area contributed by atoms with E-state index in [1.54, 1.807) is 0 Å². The zero-order valence-electron chi connectivity index (χ0n) is 13.1. The smallest absolute Gasteiger partial charge is 0.349 e. The fourth-order valence-corrected chi connectivity index (χ4v) is 2.79. The summed E-state index contributed by atoms with van der Waals surface area (Å²) in [7, 11) is -1.10. The molecule has 0 aliphatic heterocycles. The monoisotopic (exact) mass is 313 g/mol. The number of aromatic nitrogens is 3. The summed E-state index contributed by atoms with van der Waals surface area (Å²) >= 11 is 0. The third-order valence-electron chi connectivity index (χ3n) is 3.32. The molecule has 0 aromatic carbocycles. The fraction of sp³-hybridized carbons (Fsp3) is 0.467. The first-order valence-electron chi connectivity index (χ1n) is 7.10. The van der Waals surface area contributed by atoms with Crippen molar-refractivity contribution in [1.29, 1.82) is 5.26 Å². The van der Waals surface area contributed by atoms with E-state index in [4.69, 9.17) is 16.6 Å². The third-order valence-corrected chi connectivity index (χ3v) is 5.03. The van der Waals surface area contributed by atoms with Crippen LogP contribution in [0.5, 0.6) is 0 Å². The summed E-state index contributed by atoms with van der Waals surface area (Å²) in [5, 5.41) is 9.78. The summed E-state index contributed by atoms with van der Waals surface area (Å²) in [5.74, 6) is 0. The van der Waals surface area contributed by atoms with Gasteiger partial charge in [0.2, 0.25) is 0 Å². The lowest BCUT2D eigenvalue weighted by molar-refractivity contribution is 0.0899. The molecule has 0 amide bonds. The molecule has 0 spiro atoms. The van der Waals surface area contributed by atoms with E-state index < -0.39 is 14.1 Å². The van der Waals surface area contributed by atoms with Crippen LogP contribution in [0.4, 0.5) is 0 Å². The van der Waals surface area contributed by atoms with Gasteiger partial charge in [-0.3, -0.25) is 4.85 Å². The molecule has 0 bridgehead atoms. The fourth-order valence-electron chi connectivity index (χ4n) is 2.04. The highest BCUT2D eigenvalue weighted by molar-refractivity contribution is 6.76. The minimum atomic E-state index is -1.10. The Bertz CT molecular complexity index is 721. The number of hydrogen-bond acceptors (Lipinski definition) is 4. The second-order valence-electron chi connectivity index (χ2n) is 6.29. The highest BCUT2D eigenvalue weighted by Crippen LogP contribution is 2.23. The normalized spacial score (nSPS) is 12.8. The van der Waals surface area contributed by atoms with E-state index in [-0.39, 0.29) is 0 Å². The first kappa shape index (κ1) is 16.2. The number of nitrogens with zero attached hydrogens (tertiary/aromatic N) is 5. The van der Waals surface area contributed by atoms with E-state index in [2.05, 4.69) is 34.5 Å². The molecule has 1 atom stereocenters. The highest BCUT2D eigenvalue weighted by Gasteiger charge is 2.21. The summed E-state index contributed by atoms with van der Waals surface area (Å²) in [6.45, 7) is 15.2. The molecule has 2 heterocycles. The minimum Gasteiger partial charge on any atom is -0.361 e. The molecule has 0 saturated carbocycles. The van der Waals surface area contributed by atoms with Gasteiger partial charge in [0.15, 0.2) is 11.8 Å². The van der Waals surface area contributed by atoms with Crippen LogP contribution in [0.2, 0.25) is 25.7 Å². The maximum absolute atomic E-state index is 9.04. The Morgan fingerprint density at radius 3 is 2.86 bits per heavy atom. The van der Waals surface area contributed by atoms with Gasteiger partial charge in [-0.25, -0.2) is 16.5 Å². The number of nitriles is 1. The molecule has 22 heavy (non-hydrogen) atoms. The molecule has 114 valence electrons. The third kappa shape index (κ3) is 3.70. The molecular formula is C15H19N5OSi. The van der Waals surface area contributed by atoms with Gasteiger partial charge in [0.05, 0.1) is 0 Å². The largest absolute Gasteiger partial charge is 0.361 e. The van der Waals surface area contributed by atoms with Gasteiger partial charge in [-0.05, 0) is 12.1 Å². The van der Waals surface area contributed by atoms with Crippen molar-refractivity contribution in [2.24, 2.45) is 0 Å². The van der Waals surface area contributed by atoms with E-state index in [9.17, 15) is 0 Å². The van der Waals surface area contributed by atoms with Crippen molar-refractivity contribution in [3.05, 3.63) is 35.7 Å². The van der Waals surface area contributed by atoms with Gasteiger partial charge in [-0.1, -0.05) is 19.6 Å². The molecule has 2 aromatic rings. The summed E-state index contributed by atoms with van der Waals surface area (Å²) in [5.41, 5.74) is 1.16. The Kier molecular flexibility index (Phi) is 4.91. The standard InChI is InChI=1S/C15H19N5OSi/c1-17-13(9-16)14-12-5-6-20(15(12)19-10-18-14)11-21-7-8-22(2,3)4/h5-6,10,13H,7-8,11H2,2-4H3. The molecule has 0 aliphatic rings. The topological polar surface area (TPSA) is 68.1 Å². The number of fused-ring (bicyclic) bond motifs is 1. The van der Waals surface area contributed by atoms with Crippen molar-refractivity contribution in [1.82, 2.24) is 14.5 Å². The molecule has 2 rings (SSSR count). The van der Waals surface area contributed by atoms with Crippen LogP contribution in [0.3, 0.4) is 0 Å². The summed E-state index contributed by atoms with van der Waals surface area (Å²) in [6.07, 6.45) is 3.25. The van der Waals surface area contributed by atoms with Crippen molar-refractivity contribution < 1.29 is 4.74 Å². The van der Waals surface area contributed by atoms with Crippen molar-refractivity contribution in [2.45, 2.75) is 38.5 Å². The van der Waals surface area contributed by atoms with Crippen molar-refractivity contribution in [3.8, 4) is 6.07 Å². The number of ether oxygens (including phenoxy) is 1. The molecule has 0 fully saturated rings. The molecule has 1 unspecified atom stereocenters. The van der Waals surface area contributed by atoms with E-state index in [0.29, 0.717) is 18.1 Å². The quantitative estimate of drug-likeness (QED) is 0.466. The Morgan fingerprint density at radius 1 is 1.45 bits per heavy atom. The number of rotatable bonds is 6. The molecule has 0 N–H and O–H groups in total. The lowest BCUT2D eigenvalue weighted by Gasteiger charge is -2.15. The van der Waals surface area contributed by atoms with Crippen LogP contribution < -0.4 is 0 Å². The zero-order chi connectivity index (χ0) is 16.2. The van der Waals surface area contributed by atoms with Crippen molar-refractivity contribution >= 4 is 19.1 Å². The van der Waals surface area contributed by atoms with Gasteiger partial charge in [0, 0.05) is 26.3 Å². The Labute approximate surface area is 131 Å². The van der Waals surface area contributed by atoms with E-state index >= 15 is 0 Å². The van der Waals surface area contributed by atoms with Crippen LogP contribution in [0.1, 0.15) is 11.7 Å². The van der Waals surface area contributed by atoms with Crippen LogP contribution in [-0.2, 0) is 11.5 Å².